The molecule has 0 bridgehead atoms. The van der Waals surface area contributed by atoms with E-state index in [0.717, 1.165) is 30.4 Å². The Bertz CT molecular complexity index is 1220. The summed E-state index contributed by atoms with van der Waals surface area (Å²) in [6.45, 7) is -0.0294. The largest absolute Gasteiger partial charge is 0.396 e. The van der Waals surface area contributed by atoms with Crippen molar-refractivity contribution < 1.29 is 23.1 Å². The summed E-state index contributed by atoms with van der Waals surface area (Å²) in [6, 6.07) is 5.39. The van der Waals surface area contributed by atoms with Gasteiger partial charge in [-0.15, -0.1) is 0 Å². The predicted molar refractivity (Wildman–Crippen MR) is 130 cm³/mol. The normalized spacial score (nSPS) is 21.2. The SMILES string of the molecule is O=C1CC[C@H](C[C@@H](C(=O)Nc2cnc(CCO)cn2)c2ccc(S(=O)(=O)C3CC3)c(C3CC3)c2)C1. The zero-order valence-electron chi connectivity index (χ0n) is 19.7. The fourth-order valence-corrected chi connectivity index (χ4v) is 6.94. The minimum absolute atomic E-state index is 0.0294. The molecule has 3 aliphatic carbocycles. The van der Waals surface area contributed by atoms with Gasteiger partial charge in [0.1, 0.15) is 5.78 Å². The molecule has 186 valence electrons. The molecular formula is C26H31N3O5S. The summed E-state index contributed by atoms with van der Waals surface area (Å²) in [7, 11) is -3.33. The molecule has 9 heteroatoms. The molecule has 8 nitrogen and oxygen atoms in total. The number of sulfone groups is 1. The first-order chi connectivity index (χ1) is 16.8. The maximum Gasteiger partial charge on any atom is 0.233 e. The van der Waals surface area contributed by atoms with Crippen LogP contribution in [0.4, 0.5) is 5.82 Å². The number of aromatic nitrogens is 2. The monoisotopic (exact) mass is 497 g/mol. The molecule has 2 atom stereocenters. The van der Waals surface area contributed by atoms with Crippen LogP contribution in [0.3, 0.4) is 0 Å². The first-order valence-corrected chi connectivity index (χ1v) is 14.0. The Hall–Kier alpha value is -2.65. The molecule has 35 heavy (non-hydrogen) atoms. The topological polar surface area (TPSA) is 126 Å². The summed E-state index contributed by atoms with van der Waals surface area (Å²) in [4.78, 5) is 34.3. The molecule has 1 aromatic heterocycles. The van der Waals surface area contributed by atoms with E-state index < -0.39 is 15.8 Å². The number of Topliss-reactive ketones (excluding diaryl/α,β-unsaturated/α-hetero) is 1. The molecule has 1 amide bonds. The Morgan fingerprint density at radius 3 is 2.51 bits per heavy atom. The molecule has 3 aliphatic rings. The van der Waals surface area contributed by atoms with E-state index in [0.29, 0.717) is 54.9 Å². The van der Waals surface area contributed by atoms with E-state index in [1.54, 1.807) is 12.1 Å². The lowest BCUT2D eigenvalue weighted by Gasteiger charge is -2.22. The third kappa shape index (κ3) is 5.46. The van der Waals surface area contributed by atoms with Crippen molar-refractivity contribution in [2.45, 2.75) is 79.8 Å². The zero-order valence-corrected chi connectivity index (χ0v) is 20.5. The van der Waals surface area contributed by atoms with Gasteiger partial charge >= 0.3 is 0 Å². The lowest BCUT2D eigenvalue weighted by molar-refractivity contribution is -0.119. The summed E-state index contributed by atoms with van der Waals surface area (Å²) in [5.74, 6) is 0.118. The van der Waals surface area contributed by atoms with E-state index >= 15 is 0 Å². The average molecular weight is 498 g/mol. The van der Waals surface area contributed by atoms with E-state index in [1.807, 2.05) is 6.07 Å². The Morgan fingerprint density at radius 2 is 1.91 bits per heavy atom. The van der Waals surface area contributed by atoms with Gasteiger partial charge in [-0.25, -0.2) is 13.4 Å². The summed E-state index contributed by atoms with van der Waals surface area (Å²) in [5, 5.41) is 11.6. The van der Waals surface area contributed by atoms with Gasteiger partial charge in [0.15, 0.2) is 15.7 Å². The van der Waals surface area contributed by atoms with Crippen molar-refractivity contribution in [1.82, 2.24) is 9.97 Å². The highest BCUT2D eigenvalue weighted by atomic mass is 32.2. The second kappa shape index (κ2) is 9.78. The molecule has 0 aliphatic heterocycles. The number of hydrogen-bond acceptors (Lipinski definition) is 7. The Balaban J connectivity index is 1.43. The second-order valence-electron chi connectivity index (χ2n) is 10.1. The number of nitrogens with one attached hydrogen (secondary N) is 1. The van der Waals surface area contributed by atoms with Crippen LogP contribution in [0.15, 0.2) is 35.5 Å². The molecule has 0 radical (unpaired) electrons. The molecule has 2 aromatic rings. The van der Waals surface area contributed by atoms with Gasteiger partial charge in [-0.1, -0.05) is 12.1 Å². The number of carbonyl (C=O) groups excluding carboxylic acids is 2. The molecule has 3 fully saturated rings. The van der Waals surface area contributed by atoms with E-state index in [2.05, 4.69) is 15.3 Å². The predicted octanol–water partition coefficient (Wildman–Crippen LogP) is 3.31. The number of amides is 1. The maximum absolute atomic E-state index is 13.5. The van der Waals surface area contributed by atoms with Crippen LogP contribution in [-0.4, -0.2) is 47.0 Å². The van der Waals surface area contributed by atoms with E-state index in [9.17, 15) is 18.0 Å². The number of aliphatic hydroxyl groups is 1. The number of ketones is 1. The van der Waals surface area contributed by atoms with Crippen LogP contribution in [0.2, 0.25) is 0 Å². The van der Waals surface area contributed by atoms with Crippen molar-refractivity contribution in [1.29, 1.82) is 0 Å². The minimum atomic E-state index is -3.33. The highest BCUT2D eigenvalue weighted by Crippen LogP contribution is 2.47. The van der Waals surface area contributed by atoms with Crippen molar-refractivity contribution in [2.75, 3.05) is 11.9 Å². The minimum Gasteiger partial charge on any atom is -0.396 e. The van der Waals surface area contributed by atoms with Crippen LogP contribution in [0.1, 0.15) is 80.0 Å². The van der Waals surface area contributed by atoms with Crippen molar-refractivity contribution in [2.24, 2.45) is 5.92 Å². The summed E-state index contributed by atoms with van der Waals surface area (Å²) in [6.07, 6.45) is 9.04. The number of aliphatic hydroxyl groups excluding tert-OH is 1. The van der Waals surface area contributed by atoms with Gasteiger partial charge in [-0.3, -0.25) is 14.6 Å². The van der Waals surface area contributed by atoms with Crippen LogP contribution in [0.25, 0.3) is 0 Å². The zero-order chi connectivity index (χ0) is 24.6. The standard InChI is InChI=1S/C26H31N3O5S/c30-10-9-19-14-28-25(15-27-19)29-26(32)23(12-16-1-5-20(31)11-16)18-4-8-24(22(13-18)17-2-3-17)35(33,34)21-6-7-21/h4,8,13-17,21,23,30H,1-3,5-7,9-12H2,(H,28,29,32)/t16-,23+/m0/s1. The summed E-state index contributed by atoms with van der Waals surface area (Å²) >= 11 is 0. The molecule has 2 N–H and O–H groups in total. The van der Waals surface area contributed by atoms with E-state index in [-0.39, 0.29) is 35.4 Å². The van der Waals surface area contributed by atoms with Crippen LogP contribution in [0.5, 0.6) is 0 Å². The fraction of sp³-hybridized carbons (Fsp3) is 0.538. The number of rotatable bonds is 10. The van der Waals surface area contributed by atoms with Gasteiger partial charge in [0.05, 0.1) is 34.2 Å². The second-order valence-corrected chi connectivity index (χ2v) is 12.3. The molecule has 5 rings (SSSR count). The van der Waals surface area contributed by atoms with Crippen LogP contribution in [0, 0.1) is 5.92 Å². The van der Waals surface area contributed by atoms with Gasteiger partial charge in [0, 0.05) is 25.9 Å². The molecule has 0 spiro atoms. The number of hydrogen-bond donors (Lipinski definition) is 2. The van der Waals surface area contributed by atoms with Gasteiger partial charge in [0.2, 0.25) is 5.91 Å². The van der Waals surface area contributed by atoms with Gasteiger partial charge in [0.25, 0.3) is 0 Å². The quantitative estimate of drug-likeness (QED) is 0.516. The third-order valence-electron chi connectivity index (χ3n) is 7.28. The summed E-state index contributed by atoms with van der Waals surface area (Å²) < 4.78 is 26.1. The van der Waals surface area contributed by atoms with Crippen molar-refractivity contribution >= 4 is 27.3 Å². The van der Waals surface area contributed by atoms with E-state index in [1.165, 1.54) is 12.4 Å². The molecule has 0 unspecified atom stereocenters. The first kappa shape index (κ1) is 24.1. The average Bonchev–Trinajstić information content (AvgIpc) is 3.76. The number of nitrogens with zero attached hydrogens (tertiary/aromatic N) is 2. The van der Waals surface area contributed by atoms with Crippen molar-refractivity contribution in [3.05, 3.63) is 47.4 Å². The van der Waals surface area contributed by atoms with Gasteiger partial charge in [-0.05, 0) is 67.6 Å². The van der Waals surface area contributed by atoms with Crippen LogP contribution < -0.4 is 5.32 Å². The van der Waals surface area contributed by atoms with E-state index in [4.69, 9.17) is 5.11 Å². The molecular weight excluding hydrogens is 466 g/mol. The highest BCUT2D eigenvalue weighted by Gasteiger charge is 2.41. The van der Waals surface area contributed by atoms with Crippen molar-refractivity contribution in [3.63, 3.8) is 0 Å². The number of benzene rings is 1. The molecule has 3 saturated carbocycles. The van der Waals surface area contributed by atoms with Crippen LogP contribution >= 0.6 is 0 Å². The number of carbonyl (C=O) groups is 2. The number of anilines is 1. The Kier molecular flexibility index (Phi) is 6.72. The molecule has 1 aromatic carbocycles. The highest BCUT2D eigenvalue weighted by molar-refractivity contribution is 7.92. The first-order valence-electron chi connectivity index (χ1n) is 12.5. The van der Waals surface area contributed by atoms with Gasteiger partial charge < -0.3 is 10.4 Å². The van der Waals surface area contributed by atoms with Crippen LogP contribution in [-0.2, 0) is 25.8 Å². The lowest BCUT2D eigenvalue weighted by Crippen LogP contribution is -2.24. The maximum atomic E-state index is 13.5. The van der Waals surface area contributed by atoms with Gasteiger partial charge in [-0.2, -0.15) is 0 Å². The molecule has 0 saturated heterocycles. The van der Waals surface area contributed by atoms with Crippen molar-refractivity contribution in [3.8, 4) is 0 Å². The Labute approximate surface area is 205 Å². The summed E-state index contributed by atoms with van der Waals surface area (Å²) in [5.41, 5.74) is 2.25. The molecule has 1 heterocycles. The Morgan fingerprint density at radius 1 is 1.11 bits per heavy atom. The third-order valence-corrected chi connectivity index (χ3v) is 9.61. The lowest BCUT2D eigenvalue weighted by atomic mass is 9.86. The fourth-order valence-electron chi connectivity index (χ4n) is 5.01. The smallest absolute Gasteiger partial charge is 0.233 e.